The maximum Gasteiger partial charge on any atom is 0.335 e. The van der Waals surface area contributed by atoms with Gasteiger partial charge in [0.05, 0.1) is 25.5 Å². The molecule has 0 aliphatic heterocycles. The van der Waals surface area contributed by atoms with E-state index in [0.29, 0.717) is 18.8 Å². The topological polar surface area (TPSA) is 80.7 Å². The average molecular weight is 302 g/mol. The summed E-state index contributed by atoms with van der Waals surface area (Å²) in [6.45, 7) is 1.04. The molecule has 1 heterocycles. The van der Waals surface area contributed by atoms with Crippen molar-refractivity contribution in [3.05, 3.63) is 53.3 Å². The van der Waals surface area contributed by atoms with Crippen molar-refractivity contribution < 1.29 is 19.4 Å². The molecule has 116 valence electrons. The minimum atomic E-state index is -0.958. The Morgan fingerprint density at radius 3 is 2.68 bits per heavy atom. The van der Waals surface area contributed by atoms with Gasteiger partial charge in [0.1, 0.15) is 11.5 Å². The molecule has 0 aliphatic rings. The second-order valence-electron chi connectivity index (χ2n) is 4.62. The van der Waals surface area contributed by atoms with E-state index in [4.69, 9.17) is 14.6 Å². The van der Waals surface area contributed by atoms with Crippen LogP contribution in [0.2, 0.25) is 0 Å². The first-order valence-corrected chi connectivity index (χ1v) is 6.74. The van der Waals surface area contributed by atoms with Crippen molar-refractivity contribution >= 4 is 5.97 Å². The molecule has 0 unspecified atom stereocenters. The molecule has 22 heavy (non-hydrogen) atoms. The van der Waals surface area contributed by atoms with Gasteiger partial charge in [0.2, 0.25) is 0 Å². The van der Waals surface area contributed by atoms with Crippen molar-refractivity contribution in [3.63, 3.8) is 0 Å². The Hall–Kier alpha value is -2.60. The van der Waals surface area contributed by atoms with Crippen LogP contribution in [0.1, 0.15) is 21.6 Å². The van der Waals surface area contributed by atoms with Crippen LogP contribution in [-0.4, -0.2) is 30.3 Å². The third kappa shape index (κ3) is 3.95. The number of aromatic nitrogens is 1. The highest BCUT2D eigenvalue weighted by atomic mass is 16.5. The van der Waals surface area contributed by atoms with E-state index < -0.39 is 5.97 Å². The summed E-state index contributed by atoms with van der Waals surface area (Å²) >= 11 is 0. The van der Waals surface area contributed by atoms with Crippen LogP contribution in [0.15, 0.2) is 36.5 Å². The van der Waals surface area contributed by atoms with Crippen molar-refractivity contribution in [1.82, 2.24) is 10.3 Å². The fourth-order valence-electron chi connectivity index (χ4n) is 2.03. The van der Waals surface area contributed by atoms with Gasteiger partial charge < -0.3 is 19.9 Å². The summed E-state index contributed by atoms with van der Waals surface area (Å²) in [5.41, 5.74) is 1.89. The summed E-state index contributed by atoms with van der Waals surface area (Å²) in [5.74, 6) is 0.510. The smallest absolute Gasteiger partial charge is 0.335 e. The Morgan fingerprint density at radius 1 is 1.18 bits per heavy atom. The lowest BCUT2D eigenvalue weighted by atomic mass is 10.2. The number of nitrogens with zero attached hydrogens (tertiary/aromatic N) is 1. The number of aromatic carboxylic acids is 1. The standard InChI is InChI=1S/C16H18N2O4/c1-21-14-4-3-12(15(8-14)22-2)9-17-10-13-7-11(16(19)20)5-6-18-13/h3-8,17H,9-10H2,1-2H3,(H,19,20). The van der Waals surface area contributed by atoms with Gasteiger partial charge in [-0.1, -0.05) is 6.07 Å². The highest BCUT2D eigenvalue weighted by Gasteiger charge is 2.06. The van der Waals surface area contributed by atoms with Gasteiger partial charge in [-0.05, 0) is 18.2 Å². The predicted molar refractivity (Wildman–Crippen MR) is 81.3 cm³/mol. The minimum Gasteiger partial charge on any atom is -0.497 e. The van der Waals surface area contributed by atoms with E-state index in [1.54, 1.807) is 20.3 Å². The lowest BCUT2D eigenvalue weighted by Crippen LogP contribution is -2.15. The van der Waals surface area contributed by atoms with Crippen LogP contribution in [-0.2, 0) is 13.1 Å². The van der Waals surface area contributed by atoms with E-state index in [-0.39, 0.29) is 5.56 Å². The molecule has 0 amide bonds. The Kier molecular flexibility index (Phi) is 5.32. The molecule has 2 N–H and O–H groups in total. The van der Waals surface area contributed by atoms with Crippen LogP contribution in [0.4, 0.5) is 0 Å². The molecule has 6 nitrogen and oxygen atoms in total. The molecule has 1 aromatic carbocycles. The van der Waals surface area contributed by atoms with Crippen LogP contribution < -0.4 is 14.8 Å². The first kappa shape index (κ1) is 15.8. The van der Waals surface area contributed by atoms with E-state index in [0.717, 1.165) is 17.1 Å². The number of carboxylic acid groups (broad SMARTS) is 1. The Labute approximate surface area is 128 Å². The second-order valence-corrected chi connectivity index (χ2v) is 4.62. The van der Waals surface area contributed by atoms with Crippen LogP contribution in [0, 0.1) is 0 Å². The lowest BCUT2D eigenvalue weighted by molar-refractivity contribution is 0.0696. The number of carboxylic acids is 1. The van der Waals surface area contributed by atoms with E-state index in [1.165, 1.54) is 12.3 Å². The Morgan fingerprint density at radius 2 is 2.00 bits per heavy atom. The number of benzene rings is 1. The van der Waals surface area contributed by atoms with Gasteiger partial charge in [-0.2, -0.15) is 0 Å². The number of nitrogens with one attached hydrogen (secondary N) is 1. The van der Waals surface area contributed by atoms with E-state index in [2.05, 4.69) is 10.3 Å². The number of ether oxygens (including phenoxy) is 2. The predicted octanol–water partition coefficient (Wildman–Crippen LogP) is 2.09. The van der Waals surface area contributed by atoms with Crippen molar-refractivity contribution in [2.45, 2.75) is 13.1 Å². The fourth-order valence-corrected chi connectivity index (χ4v) is 2.03. The first-order valence-electron chi connectivity index (χ1n) is 6.74. The molecule has 0 radical (unpaired) electrons. The van der Waals surface area contributed by atoms with Gasteiger partial charge in [0.25, 0.3) is 0 Å². The van der Waals surface area contributed by atoms with Crippen molar-refractivity contribution in [2.75, 3.05) is 14.2 Å². The van der Waals surface area contributed by atoms with Gasteiger partial charge in [-0.15, -0.1) is 0 Å². The Balaban J connectivity index is 1.99. The zero-order chi connectivity index (χ0) is 15.9. The summed E-state index contributed by atoms with van der Waals surface area (Å²) in [6.07, 6.45) is 1.49. The molecule has 0 atom stereocenters. The molecule has 0 spiro atoms. The third-order valence-electron chi connectivity index (χ3n) is 3.18. The summed E-state index contributed by atoms with van der Waals surface area (Å²) in [5, 5.41) is 12.2. The fraction of sp³-hybridized carbons (Fsp3) is 0.250. The molecule has 0 aliphatic carbocycles. The summed E-state index contributed by atoms with van der Waals surface area (Å²) in [4.78, 5) is 15.1. The summed E-state index contributed by atoms with van der Waals surface area (Å²) in [7, 11) is 3.21. The molecule has 1 aromatic heterocycles. The monoisotopic (exact) mass is 302 g/mol. The molecule has 0 bridgehead atoms. The number of hydrogen-bond acceptors (Lipinski definition) is 5. The quantitative estimate of drug-likeness (QED) is 0.815. The zero-order valence-electron chi connectivity index (χ0n) is 12.5. The zero-order valence-corrected chi connectivity index (χ0v) is 12.5. The van der Waals surface area contributed by atoms with Crippen LogP contribution in [0.3, 0.4) is 0 Å². The SMILES string of the molecule is COc1ccc(CNCc2cc(C(=O)O)ccn2)c(OC)c1. The average Bonchev–Trinajstić information content (AvgIpc) is 2.55. The van der Waals surface area contributed by atoms with E-state index >= 15 is 0 Å². The molecular formula is C16H18N2O4. The van der Waals surface area contributed by atoms with Gasteiger partial charge in [-0.25, -0.2) is 4.79 Å². The highest BCUT2D eigenvalue weighted by Crippen LogP contribution is 2.24. The van der Waals surface area contributed by atoms with Gasteiger partial charge in [0.15, 0.2) is 0 Å². The molecule has 0 fully saturated rings. The van der Waals surface area contributed by atoms with Crippen LogP contribution >= 0.6 is 0 Å². The maximum absolute atomic E-state index is 10.9. The minimum absolute atomic E-state index is 0.230. The molecule has 2 rings (SSSR count). The van der Waals surface area contributed by atoms with Crippen molar-refractivity contribution in [1.29, 1.82) is 0 Å². The molecule has 6 heteroatoms. The number of hydrogen-bond donors (Lipinski definition) is 2. The second kappa shape index (κ2) is 7.42. The maximum atomic E-state index is 10.9. The highest BCUT2D eigenvalue weighted by molar-refractivity contribution is 5.87. The van der Waals surface area contributed by atoms with E-state index in [1.807, 2.05) is 18.2 Å². The molecular weight excluding hydrogens is 284 g/mol. The van der Waals surface area contributed by atoms with Gasteiger partial charge >= 0.3 is 5.97 Å². The number of pyridine rings is 1. The number of carbonyl (C=O) groups is 1. The third-order valence-corrected chi connectivity index (χ3v) is 3.18. The first-order chi connectivity index (χ1) is 10.6. The van der Waals surface area contributed by atoms with E-state index in [9.17, 15) is 4.79 Å². The van der Waals surface area contributed by atoms with Gasteiger partial charge in [0, 0.05) is 30.9 Å². The largest absolute Gasteiger partial charge is 0.497 e. The number of methoxy groups -OCH3 is 2. The Bertz CT molecular complexity index is 658. The molecule has 0 saturated heterocycles. The summed E-state index contributed by atoms with van der Waals surface area (Å²) in [6, 6.07) is 8.63. The normalized spacial score (nSPS) is 10.3. The van der Waals surface area contributed by atoms with Crippen molar-refractivity contribution in [3.8, 4) is 11.5 Å². The summed E-state index contributed by atoms with van der Waals surface area (Å²) < 4.78 is 10.5. The van der Waals surface area contributed by atoms with Crippen LogP contribution in [0.25, 0.3) is 0 Å². The molecule has 0 saturated carbocycles. The van der Waals surface area contributed by atoms with Crippen molar-refractivity contribution in [2.24, 2.45) is 0 Å². The van der Waals surface area contributed by atoms with Gasteiger partial charge in [-0.3, -0.25) is 4.98 Å². The molecule has 2 aromatic rings. The number of rotatable bonds is 7. The lowest BCUT2D eigenvalue weighted by Gasteiger charge is -2.11. The van der Waals surface area contributed by atoms with Crippen LogP contribution in [0.5, 0.6) is 11.5 Å².